The molecule has 0 spiro atoms. The Hall–Kier alpha value is -2.99. The van der Waals surface area contributed by atoms with Crippen LogP contribution in [0, 0.1) is 5.82 Å². The van der Waals surface area contributed by atoms with E-state index >= 15 is 0 Å². The van der Waals surface area contributed by atoms with E-state index in [4.69, 9.17) is 11.6 Å². The number of hydrazone groups is 1. The number of H-pyrrole nitrogens is 1. The first kappa shape index (κ1) is 16.5. The molecular weight excluding hydrogens is 355 g/mol. The van der Waals surface area contributed by atoms with Crippen LogP contribution < -0.4 is 5.43 Å². The number of carbonyl (C=O) groups excluding carboxylic acids is 1. The van der Waals surface area contributed by atoms with Crippen molar-refractivity contribution in [3.8, 4) is 11.3 Å². The van der Waals surface area contributed by atoms with Crippen LogP contribution in [0.15, 0.2) is 47.6 Å². The highest BCUT2D eigenvalue weighted by Gasteiger charge is 2.24. The normalized spacial score (nSPS) is 12.7. The fourth-order valence-electron chi connectivity index (χ4n) is 3.09. The maximum atomic E-state index is 13.7. The highest BCUT2D eigenvalue weighted by atomic mass is 35.5. The molecule has 0 fully saturated rings. The van der Waals surface area contributed by atoms with Crippen molar-refractivity contribution in [2.75, 3.05) is 0 Å². The van der Waals surface area contributed by atoms with E-state index in [0.29, 0.717) is 12.1 Å². The summed E-state index contributed by atoms with van der Waals surface area (Å²) in [6.45, 7) is 0. The second-order valence-corrected chi connectivity index (χ2v) is 6.32. The molecule has 0 atom stereocenters. The Morgan fingerprint density at radius 2 is 2.08 bits per heavy atom. The lowest BCUT2D eigenvalue weighted by atomic mass is 9.89. The van der Waals surface area contributed by atoms with Crippen LogP contribution in [-0.2, 0) is 12.8 Å². The molecule has 0 unspecified atom stereocenters. The van der Waals surface area contributed by atoms with Gasteiger partial charge in [0.25, 0.3) is 5.91 Å². The van der Waals surface area contributed by atoms with Crippen LogP contribution in [0.3, 0.4) is 0 Å². The lowest BCUT2D eigenvalue weighted by molar-refractivity contribution is 0.0949. The first-order valence-corrected chi connectivity index (χ1v) is 8.46. The standard InChI is InChI=1S/C19H14ClFN4O/c20-15-6-3-7-16(21)14(15)10-22-25-19(26)18-13-9-8-11-4-1-2-5-12(11)17(13)23-24-18/h1-7,10H,8-9H2,(H,23,24)(H,25,26)/b22-10-. The predicted molar refractivity (Wildman–Crippen MR) is 97.9 cm³/mol. The van der Waals surface area contributed by atoms with Gasteiger partial charge in [0.05, 0.1) is 16.9 Å². The van der Waals surface area contributed by atoms with Gasteiger partial charge in [0, 0.05) is 16.7 Å². The quantitative estimate of drug-likeness (QED) is 0.546. The number of amides is 1. The van der Waals surface area contributed by atoms with Gasteiger partial charge in [0.1, 0.15) is 11.5 Å². The van der Waals surface area contributed by atoms with Gasteiger partial charge in [-0.05, 0) is 30.5 Å². The highest BCUT2D eigenvalue weighted by Crippen LogP contribution is 2.33. The molecule has 0 saturated carbocycles. The number of fused-ring (bicyclic) bond motifs is 3. The number of hydrogen-bond donors (Lipinski definition) is 2. The second-order valence-electron chi connectivity index (χ2n) is 5.92. The molecule has 3 aromatic rings. The second kappa shape index (κ2) is 6.72. The molecule has 4 rings (SSSR count). The molecule has 1 aromatic heterocycles. The van der Waals surface area contributed by atoms with Crippen molar-refractivity contribution in [1.82, 2.24) is 15.6 Å². The minimum absolute atomic E-state index is 0.120. The fourth-order valence-corrected chi connectivity index (χ4v) is 3.31. The summed E-state index contributed by atoms with van der Waals surface area (Å²) in [5.74, 6) is -0.937. The molecule has 2 aromatic carbocycles. The molecule has 1 heterocycles. The van der Waals surface area contributed by atoms with Gasteiger partial charge in [-0.25, -0.2) is 9.82 Å². The summed E-state index contributed by atoms with van der Waals surface area (Å²) >= 11 is 5.93. The zero-order chi connectivity index (χ0) is 18.1. The minimum Gasteiger partial charge on any atom is -0.272 e. The van der Waals surface area contributed by atoms with Crippen molar-refractivity contribution >= 4 is 23.7 Å². The Morgan fingerprint density at radius 3 is 2.92 bits per heavy atom. The molecule has 0 bridgehead atoms. The SMILES string of the molecule is O=C(N/N=C\c1c(F)cccc1Cl)c1[nH]nc2c1CCc1ccccc1-2. The molecule has 2 N–H and O–H groups in total. The average Bonchev–Trinajstić information content (AvgIpc) is 3.08. The average molecular weight is 369 g/mol. The van der Waals surface area contributed by atoms with Crippen molar-refractivity contribution < 1.29 is 9.18 Å². The lowest BCUT2D eigenvalue weighted by Gasteiger charge is -2.15. The van der Waals surface area contributed by atoms with Crippen molar-refractivity contribution in [1.29, 1.82) is 0 Å². The summed E-state index contributed by atoms with van der Waals surface area (Å²) in [6.07, 6.45) is 2.75. The first-order valence-electron chi connectivity index (χ1n) is 8.08. The Labute approximate surface area is 153 Å². The predicted octanol–water partition coefficient (Wildman–Crippen LogP) is 3.73. The van der Waals surface area contributed by atoms with Crippen LogP contribution >= 0.6 is 11.6 Å². The highest BCUT2D eigenvalue weighted by molar-refractivity contribution is 6.33. The van der Waals surface area contributed by atoms with Crippen LogP contribution in [0.5, 0.6) is 0 Å². The summed E-state index contributed by atoms with van der Waals surface area (Å²) < 4.78 is 13.7. The van der Waals surface area contributed by atoms with Gasteiger partial charge >= 0.3 is 0 Å². The third-order valence-corrected chi connectivity index (χ3v) is 4.70. The van der Waals surface area contributed by atoms with E-state index in [1.54, 1.807) is 6.07 Å². The van der Waals surface area contributed by atoms with Crippen LogP contribution in [0.1, 0.15) is 27.2 Å². The van der Waals surface area contributed by atoms with Crippen LogP contribution in [0.4, 0.5) is 4.39 Å². The molecule has 5 nitrogen and oxygen atoms in total. The largest absolute Gasteiger partial charge is 0.289 e. The summed E-state index contributed by atoms with van der Waals surface area (Å²) in [4.78, 5) is 12.4. The number of aromatic amines is 1. The number of rotatable bonds is 3. The molecule has 130 valence electrons. The van der Waals surface area contributed by atoms with E-state index in [1.807, 2.05) is 18.2 Å². The molecule has 7 heteroatoms. The number of nitrogens with zero attached hydrogens (tertiary/aromatic N) is 2. The Bertz CT molecular complexity index is 1010. The van der Waals surface area contributed by atoms with E-state index in [9.17, 15) is 9.18 Å². The lowest BCUT2D eigenvalue weighted by Crippen LogP contribution is -2.20. The Balaban J connectivity index is 1.56. The number of aromatic nitrogens is 2. The maximum absolute atomic E-state index is 13.7. The van der Waals surface area contributed by atoms with Crippen LogP contribution in [0.25, 0.3) is 11.3 Å². The van der Waals surface area contributed by atoms with E-state index in [0.717, 1.165) is 23.2 Å². The number of carbonyl (C=O) groups is 1. The molecule has 0 aliphatic heterocycles. The van der Waals surface area contributed by atoms with Gasteiger partial charge in [-0.15, -0.1) is 0 Å². The summed E-state index contributed by atoms with van der Waals surface area (Å²) in [5.41, 5.74) is 6.78. The third-order valence-electron chi connectivity index (χ3n) is 4.37. The molecular formula is C19H14ClFN4O. The fraction of sp³-hybridized carbons (Fsp3) is 0.105. The van der Waals surface area contributed by atoms with Crippen LogP contribution in [-0.4, -0.2) is 22.3 Å². The number of nitrogens with one attached hydrogen (secondary N) is 2. The first-order chi connectivity index (χ1) is 12.6. The summed E-state index contributed by atoms with van der Waals surface area (Å²) in [7, 11) is 0. The molecule has 26 heavy (non-hydrogen) atoms. The van der Waals surface area contributed by atoms with E-state index < -0.39 is 11.7 Å². The van der Waals surface area contributed by atoms with E-state index in [2.05, 4.69) is 26.8 Å². The minimum atomic E-state index is -0.508. The van der Waals surface area contributed by atoms with Crippen molar-refractivity contribution in [2.24, 2.45) is 5.10 Å². The van der Waals surface area contributed by atoms with Gasteiger partial charge in [0.15, 0.2) is 0 Å². The Kier molecular flexibility index (Phi) is 4.26. The topological polar surface area (TPSA) is 70.1 Å². The van der Waals surface area contributed by atoms with Gasteiger partial charge in [-0.2, -0.15) is 10.2 Å². The van der Waals surface area contributed by atoms with E-state index in [1.165, 1.54) is 23.9 Å². The summed E-state index contributed by atoms with van der Waals surface area (Å²) in [5, 5.41) is 11.1. The van der Waals surface area contributed by atoms with Gasteiger partial charge in [0.2, 0.25) is 0 Å². The van der Waals surface area contributed by atoms with Gasteiger partial charge < -0.3 is 0 Å². The number of halogens is 2. The van der Waals surface area contributed by atoms with Gasteiger partial charge in [-0.1, -0.05) is 41.9 Å². The third kappa shape index (κ3) is 2.88. The zero-order valence-electron chi connectivity index (χ0n) is 13.6. The van der Waals surface area contributed by atoms with Crippen molar-refractivity contribution in [3.05, 3.63) is 75.7 Å². The monoisotopic (exact) mass is 368 g/mol. The smallest absolute Gasteiger partial charge is 0.272 e. The number of hydrogen-bond acceptors (Lipinski definition) is 3. The van der Waals surface area contributed by atoms with Crippen LogP contribution in [0.2, 0.25) is 5.02 Å². The number of aryl methyl sites for hydroxylation is 1. The zero-order valence-corrected chi connectivity index (χ0v) is 14.3. The Morgan fingerprint density at radius 1 is 1.23 bits per heavy atom. The molecule has 1 amide bonds. The van der Waals surface area contributed by atoms with Crippen molar-refractivity contribution in [3.63, 3.8) is 0 Å². The summed E-state index contributed by atoms with van der Waals surface area (Å²) in [6, 6.07) is 12.3. The molecule has 0 saturated heterocycles. The number of benzene rings is 2. The van der Waals surface area contributed by atoms with Gasteiger partial charge in [-0.3, -0.25) is 9.89 Å². The molecule has 1 aliphatic rings. The maximum Gasteiger partial charge on any atom is 0.289 e. The molecule has 1 aliphatic carbocycles. The molecule has 0 radical (unpaired) electrons. The van der Waals surface area contributed by atoms with Crippen molar-refractivity contribution in [2.45, 2.75) is 12.8 Å². The van der Waals surface area contributed by atoms with E-state index in [-0.39, 0.29) is 10.6 Å².